The number of aryl methyl sites for hydroxylation is 1. The van der Waals surface area contributed by atoms with E-state index in [9.17, 15) is 0 Å². The van der Waals surface area contributed by atoms with E-state index in [0.717, 1.165) is 37.4 Å². The van der Waals surface area contributed by atoms with Crippen LogP contribution >= 0.6 is 0 Å². The number of nitrogens with one attached hydrogen (secondary N) is 1. The molecule has 1 heterocycles. The van der Waals surface area contributed by atoms with E-state index in [2.05, 4.69) is 44.3 Å². The molecule has 0 aliphatic carbocycles. The van der Waals surface area contributed by atoms with Gasteiger partial charge < -0.3 is 14.8 Å². The van der Waals surface area contributed by atoms with Gasteiger partial charge in [-0.2, -0.15) is 0 Å². The molecule has 3 nitrogen and oxygen atoms in total. The van der Waals surface area contributed by atoms with Crippen molar-refractivity contribution in [1.29, 1.82) is 0 Å². The van der Waals surface area contributed by atoms with E-state index in [-0.39, 0.29) is 0 Å². The monoisotopic (exact) mass is 263 g/mol. The van der Waals surface area contributed by atoms with E-state index in [1.807, 2.05) is 0 Å². The molecule has 2 rings (SSSR count). The van der Waals surface area contributed by atoms with Crippen LogP contribution in [0.3, 0.4) is 0 Å². The maximum atomic E-state index is 5.82. The highest BCUT2D eigenvalue weighted by molar-refractivity contribution is 5.57. The molecular formula is C16H25NO2. The van der Waals surface area contributed by atoms with Gasteiger partial charge in [-0.1, -0.05) is 13.0 Å². The van der Waals surface area contributed by atoms with E-state index < -0.39 is 0 Å². The van der Waals surface area contributed by atoms with Crippen molar-refractivity contribution >= 4 is 5.69 Å². The molecule has 1 saturated heterocycles. The number of rotatable bonds is 6. The number of anilines is 1. The predicted octanol–water partition coefficient (Wildman–Crippen LogP) is 3.76. The van der Waals surface area contributed by atoms with E-state index in [4.69, 9.17) is 9.47 Å². The summed E-state index contributed by atoms with van der Waals surface area (Å²) in [6.07, 6.45) is 4.07. The first-order chi connectivity index (χ1) is 9.19. The van der Waals surface area contributed by atoms with Gasteiger partial charge in [-0.05, 0) is 50.8 Å². The average molecular weight is 263 g/mol. The van der Waals surface area contributed by atoms with Crippen molar-refractivity contribution in [3.05, 3.63) is 23.8 Å². The molecule has 1 aromatic carbocycles. The Bertz CT molecular complexity index is 406. The summed E-state index contributed by atoms with van der Waals surface area (Å²) in [5.41, 5.74) is 2.30. The first-order valence-electron chi connectivity index (χ1n) is 7.31. The Labute approximate surface area is 116 Å². The zero-order chi connectivity index (χ0) is 13.7. The summed E-state index contributed by atoms with van der Waals surface area (Å²) >= 11 is 0. The van der Waals surface area contributed by atoms with Crippen molar-refractivity contribution < 1.29 is 9.47 Å². The third-order valence-electron chi connectivity index (χ3n) is 3.44. The second-order valence-corrected chi connectivity index (χ2v) is 5.38. The second kappa shape index (κ2) is 6.80. The van der Waals surface area contributed by atoms with Gasteiger partial charge in [0.2, 0.25) is 0 Å². The van der Waals surface area contributed by atoms with Gasteiger partial charge in [-0.25, -0.2) is 0 Å². The smallest absolute Gasteiger partial charge is 0.142 e. The number of hydrogen-bond acceptors (Lipinski definition) is 3. The predicted molar refractivity (Wildman–Crippen MR) is 79.0 cm³/mol. The molecule has 1 aliphatic rings. The topological polar surface area (TPSA) is 30.5 Å². The molecule has 0 amide bonds. The number of ether oxygens (including phenoxy) is 2. The Kier molecular flexibility index (Phi) is 5.08. The lowest BCUT2D eigenvalue weighted by Gasteiger charge is -2.16. The summed E-state index contributed by atoms with van der Waals surface area (Å²) in [5, 5.41) is 3.46. The largest absolute Gasteiger partial charge is 0.491 e. The summed E-state index contributed by atoms with van der Waals surface area (Å²) in [4.78, 5) is 0. The first kappa shape index (κ1) is 14.2. The maximum absolute atomic E-state index is 5.82. The van der Waals surface area contributed by atoms with Crippen LogP contribution in [0, 0.1) is 6.92 Å². The van der Waals surface area contributed by atoms with Gasteiger partial charge in [0, 0.05) is 6.54 Å². The van der Waals surface area contributed by atoms with Gasteiger partial charge in [0.1, 0.15) is 5.75 Å². The maximum Gasteiger partial charge on any atom is 0.142 e. The summed E-state index contributed by atoms with van der Waals surface area (Å²) < 4.78 is 11.6. The van der Waals surface area contributed by atoms with E-state index in [0.29, 0.717) is 12.2 Å². The first-order valence-corrected chi connectivity index (χ1v) is 7.31. The fourth-order valence-electron chi connectivity index (χ4n) is 2.37. The highest BCUT2D eigenvalue weighted by Crippen LogP contribution is 2.27. The Morgan fingerprint density at radius 1 is 1.37 bits per heavy atom. The zero-order valence-electron chi connectivity index (χ0n) is 12.2. The molecule has 0 spiro atoms. The summed E-state index contributed by atoms with van der Waals surface area (Å²) in [6.45, 7) is 7.97. The minimum atomic E-state index is 0.329. The summed E-state index contributed by atoms with van der Waals surface area (Å²) in [5.74, 6) is 0.952. The Hall–Kier alpha value is -1.22. The molecule has 2 atom stereocenters. The molecule has 0 aromatic heterocycles. The summed E-state index contributed by atoms with van der Waals surface area (Å²) in [6, 6.07) is 6.30. The van der Waals surface area contributed by atoms with Crippen molar-refractivity contribution in [1.82, 2.24) is 0 Å². The molecule has 3 heteroatoms. The number of hydrogen-bond donors (Lipinski definition) is 1. The molecule has 106 valence electrons. The molecular weight excluding hydrogens is 238 g/mol. The van der Waals surface area contributed by atoms with Crippen molar-refractivity contribution in [2.45, 2.75) is 52.2 Å². The van der Waals surface area contributed by atoms with Crippen LogP contribution in [0.5, 0.6) is 5.75 Å². The molecule has 0 saturated carbocycles. The van der Waals surface area contributed by atoms with E-state index in [1.54, 1.807) is 0 Å². The molecule has 1 N–H and O–H groups in total. The van der Waals surface area contributed by atoms with E-state index in [1.165, 1.54) is 12.0 Å². The fraction of sp³-hybridized carbons (Fsp3) is 0.625. The van der Waals surface area contributed by atoms with Gasteiger partial charge in [0.15, 0.2) is 0 Å². The molecule has 0 bridgehead atoms. The molecule has 1 aliphatic heterocycles. The standard InChI is InChI=1S/C16H25NO2/c1-4-9-18-16-10-12(2)5-8-15(16)17-11-14-7-6-13(3)19-14/h5,8,10,13-14,17H,4,6-7,9,11H2,1-3H3. The van der Waals surface area contributed by atoms with Crippen LogP contribution in [0.25, 0.3) is 0 Å². The molecule has 2 unspecified atom stereocenters. The second-order valence-electron chi connectivity index (χ2n) is 5.38. The van der Waals surface area contributed by atoms with Crippen molar-refractivity contribution in [2.24, 2.45) is 0 Å². The normalized spacial score (nSPS) is 22.5. The third kappa shape index (κ3) is 4.13. The number of benzene rings is 1. The highest BCUT2D eigenvalue weighted by Gasteiger charge is 2.21. The van der Waals surface area contributed by atoms with Gasteiger partial charge in [0.25, 0.3) is 0 Å². The summed E-state index contributed by atoms with van der Waals surface area (Å²) in [7, 11) is 0. The van der Waals surface area contributed by atoms with Crippen LogP contribution in [-0.4, -0.2) is 25.4 Å². The van der Waals surface area contributed by atoms with Gasteiger partial charge in [0.05, 0.1) is 24.5 Å². The zero-order valence-corrected chi connectivity index (χ0v) is 12.2. The van der Waals surface area contributed by atoms with Crippen LogP contribution in [0.4, 0.5) is 5.69 Å². The van der Waals surface area contributed by atoms with Crippen LogP contribution in [0.2, 0.25) is 0 Å². The molecule has 1 fully saturated rings. The average Bonchev–Trinajstić information content (AvgIpc) is 2.81. The highest BCUT2D eigenvalue weighted by atomic mass is 16.5. The quantitative estimate of drug-likeness (QED) is 0.847. The Morgan fingerprint density at radius 3 is 2.89 bits per heavy atom. The SMILES string of the molecule is CCCOc1cc(C)ccc1NCC1CCC(C)O1. The lowest BCUT2D eigenvalue weighted by molar-refractivity contribution is 0.0636. The van der Waals surface area contributed by atoms with Crippen LogP contribution in [0.1, 0.15) is 38.7 Å². The van der Waals surface area contributed by atoms with Crippen LogP contribution in [0.15, 0.2) is 18.2 Å². The van der Waals surface area contributed by atoms with Gasteiger partial charge in [-0.15, -0.1) is 0 Å². The molecule has 0 radical (unpaired) electrons. The molecule has 1 aromatic rings. The third-order valence-corrected chi connectivity index (χ3v) is 3.44. The molecule has 19 heavy (non-hydrogen) atoms. The Morgan fingerprint density at radius 2 is 2.21 bits per heavy atom. The lowest BCUT2D eigenvalue weighted by Crippen LogP contribution is -2.20. The van der Waals surface area contributed by atoms with Gasteiger partial charge >= 0.3 is 0 Å². The van der Waals surface area contributed by atoms with E-state index >= 15 is 0 Å². The van der Waals surface area contributed by atoms with Crippen molar-refractivity contribution in [2.75, 3.05) is 18.5 Å². The Balaban J connectivity index is 1.94. The lowest BCUT2D eigenvalue weighted by atomic mass is 10.2. The minimum Gasteiger partial charge on any atom is -0.491 e. The fourth-order valence-corrected chi connectivity index (χ4v) is 2.37. The van der Waals surface area contributed by atoms with Crippen LogP contribution in [-0.2, 0) is 4.74 Å². The van der Waals surface area contributed by atoms with Crippen molar-refractivity contribution in [3.8, 4) is 5.75 Å². The minimum absolute atomic E-state index is 0.329. The van der Waals surface area contributed by atoms with Crippen molar-refractivity contribution in [3.63, 3.8) is 0 Å². The van der Waals surface area contributed by atoms with Crippen LogP contribution < -0.4 is 10.1 Å². The van der Waals surface area contributed by atoms with Gasteiger partial charge in [-0.3, -0.25) is 0 Å².